The first-order chi connectivity index (χ1) is 9.06. The third-order valence-electron chi connectivity index (χ3n) is 2.42. The number of halogens is 1. The van der Waals surface area contributed by atoms with Crippen molar-refractivity contribution in [3.8, 4) is 12.3 Å². The first-order valence-electron chi connectivity index (χ1n) is 5.87. The molecule has 5 heteroatoms. The van der Waals surface area contributed by atoms with Gasteiger partial charge in [0.25, 0.3) is 0 Å². The molecule has 0 aliphatic carbocycles. The van der Waals surface area contributed by atoms with Crippen LogP contribution in [-0.4, -0.2) is 25.7 Å². The van der Waals surface area contributed by atoms with Crippen molar-refractivity contribution in [2.75, 3.05) is 13.7 Å². The van der Waals surface area contributed by atoms with Gasteiger partial charge in [0.1, 0.15) is 11.9 Å². The first-order valence-corrected chi connectivity index (χ1v) is 5.87. The van der Waals surface area contributed by atoms with E-state index in [9.17, 15) is 4.39 Å². The van der Waals surface area contributed by atoms with Crippen molar-refractivity contribution in [1.29, 1.82) is 0 Å². The van der Waals surface area contributed by atoms with E-state index in [4.69, 9.17) is 16.9 Å². The standard InChI is InChI=1S/C14H18FN3O/c1-4-13(11-5-7-12(15)8-6-11)18-14(16)17-10(2)9-19-3/h1,5-8,10,13H,9H2,2-3H3,(H3,16,17,18). The molecular weight excluding hydrogens is 245 g/mol. The molecular formula is C14H18FN3O. The predicted molar refractivity (Wildman–Crippen MR) is 74.1 cm³/mol. The molecule has 1 rings (SSSR count). The van der Waals surface area contributed by atoms with Crippen LogP contribution in [0.4, 0.5) is 4.39 Å². The van der Waals surface area contributed by atoms with E-state index < -0.39 is 6.04 Å². The Morgan fingerprint density at radius 3 is 2.68 bits per heavy atom. The maximum absolute atomic E-state index is 12.8. The monoisotopic (exact) mass is 263 g/mol. The molecule has 0 heterocycles. The summed E-state index contributed by atoms with van der Waals surface area (Å²) in [6.07, 6.45) is 5.42. The molecule has 1 aromatic carbocycles. The Bertz CT molecular complexity index is 465. The maximum Gasteiger partial charge on any atom is 0.190 e. The lowest BCUT2D eigenvalue weighted by molar-refractivity contribution is 0.179. The van der Waals surface area contributed by atoms with Gasteiger partial charge in [-0.3, -0.25) is 0 Å². The van der Waals surface area contributed by atoms with E-state index in [0.29, 0.717) is 12.2 Å². The minimum absolute atomic E-state index is 0.0281. The average Bonchev–Trinajstić information content (AvgIpc) is 2.37. The quantitative estimate of drug-likeness (QED) is 0.480. The van der Waals surface area contributed by atoms with E-state index in [0.717, 1.165) is 0 Å². The highest BCUT2D eigenvalue weighted by molar-refractivity contribution is 5.78. The molecule has 0 aromatic heterocycles. The molecule has 3 N–H and O–H groups in total. The lowest BCUT2D eigenvalue weighted by Crippen LogP contribution is -2.40. The van der Waals surface area contributed by atoms with Crippen LogP contribution in [0.1, 0.15) is 18.5 Å². The molecule has 0 aliphatic heterocycles. The van der Waals surface area contributed by atoms with Crippen LogP contribution in [0, 0.1) is 18.2 Å². The normalized spacial score (nSPS) is 14.5. The molecule has 0 aliphatic rings. The van der Waals surface area contributed by atoms with Gasteiger partial charge < -0.3 is 15.8 Å². The second-order valence-electron chi connectivity index (χ2n) is 4.14. The molecule has 0 fully saturated rings. The molecule has 0 bridgehead atoms. The Morgan fingerprint density at radius 1 is 1.53 bits per heavy atom. The number of hydrogen-bond acceptors (Lipinski definition) is 2. The van der Waals surface area contributed by atoms with Crippen molar-refractivity contribution < 1.29 is 9.13 Å². The van der Waals surface area contributed by atoms with Gasteiger partial charge in [-0.15, -0.1) is 6.42 Å². The third kappa shape index (κ3) is 4.98. The number of aliphatic imine (C=N–C) groups is 1. The second kappa shape index (κ2) is 7.39. The Balaban J connectivity index is 2.75. The minimum atomic E-state index is -0.539. The second-order valence-corrected chi connectivity index (χ2v) is 4.14. The van der Waals surface area contributed by atoms with Crippen molar-refractivity contribution in [2.24, 2.45) is 10.7 Å². The van der Waals surface area contributed by atoms with Gasteiger partial charge in [-0.25, -0.2) is 9.38 Å². The molecule has 19 heavy (non-hydrogen) atoms. The van der Waals surface area contributed by atoms with Crippen LogP contribution in [0.2, 0.25) is 0 Å². The largest absolute Gasteiger partial charge is 0.383 e. The van der Waals surface area contributed by atoms with Crippen molar-refractivity contribution in [3.63, 3.8) is 0 Å². The summed E-state index contributed by atoms with van der Waals surface area (Å²) in [6, 6.07) is 5.35. The number of rotatable bonds is 5. The molecule has 102 valence electrons. The molecule has 0 spiro atoms. The Kier molecular flexibility index (Phi) is 5.83. The highest BCUT2D eigenvalue weighted by atomic mass is 19.1. The number of ether oxygens (including phenoxy) is 1. The van der Waals surface area contributed by atoms with Crippen LogP contribution in [-0.2, 0) is 4.74 Å². The molecule has 0 radical (unpaired) electrons. The van der Waals surface area contributed by atoms with Gasteiger partial charge >= 0.3 is 0 Å². The first kappa shape index (κ1) is 15.0. The van der Waals surface area contributed by atoms with Crippen LogP contribution in [0.25, 0.3) is 0 Å². The zero-order chi connectivity index (χ0) is 14.3. The van der Waals surface area contributed by atoms with Crippen LogP contribution in [0.5, 0.6) is 0 Å². The molecule has 0 saturated heterocycles. The van der Waals surface area contributed by atoms with Crippen molar-refractivity contribution in [3.05, 3.63) is 35.6 Å². The van der Waals surface area contributed by atoms with Gasteiger partial charge in [0.15, 0.2) is 5.96 Å². The van der Waals surface area contributed by atoms with Gasteiger partial charge in [-0.2, -0.15) is 0 Å². The number of nitrogens with one attached hydrogen (secondary N) is 1. The van der Waals surface area contributed by atoms with E-state index in [1.165, 1.54) is 12.1 Å². The summed E-state index contributed by atoms with van der Waals surface area (Å²) in [5, 5.41) is 2.96. The maximum atomic E-state index is 12.8. The van der Waals surface area contributed by atoms with E-state index in [-0.39, 0.29) is 17.8 Å². The molecule has 0 saturated carbocycles. The number of guanidine groups is 1. The summed E-state index contributed by atoms with van der Waals surface area (Å²) >= 11 is 0. The van der Waals surface area contributed by atoms with E-state index in [1.807, 2.05) is 6.92 Å². The van der Waals surface area contributed by atoms with Gasteiger partial charge in [0.2, 0.25) is 0 Å². The number of nitrogens with zero attached hydrogens (tertiary/aromatic N) is 1. The van der Waals surface area contributed by atoms with E-state index in [1.54, 1.807) is 19.2 Å². The highest BCUT2D eigenvalue weighted by Gasteiger charge is 2.08. The molecule has 0 amide bonds. The third-order valence-corrected chi connectivity index (χ3v) is 2.42. The zero-order valence-corrected chi connectivity index (χ0v) is 11.1. The topological polar surface area (TPSA) is 59.6 Å². The summed E-state index contributed by atoms with van der Waals surface area (Å²) in [6.45, 7) is 2.42. The number of terminal acetylenes is 1. The SMILES string of the molecule is C#CC(N=C(N)NC(C)COC)c1ccc(F)cc1. The minimum Gasteiger partial charge on any atom is -0.383 e. The van der Waals surface area contributed by atoms with E-state index in [2.05, 4.69) is 16.2 Å². The number of hydrogen-bond donors (Lipinski definition) is 2. The fourth-order valence-corrected chi connectivity index (χ4v) is 1.57. The summed E-state index contributed by atoms with van der Waals surface area (Å²) in [5.74, 6) is 2.43. The van der Waals surface area contributed by atoms with Gasteiger partial charge in [-0.05, 0) is 24.6 Å². The average molecular weight is 263 g/mol. The summed E-state index contributed by atoms with van der Waals surface area (Å²) in [4.78, 5) is 4.19. The van der Waals surface area contributed by atoms with Crippen LogP contribution in [0.15, 0.2) is 29.3 Å². The van der Waals surface area contributed by atoms with Crippen LogP contribution in [0.3, 0.4) is 0 Å². The van der Waals surface area contributed by atoms with Gasteiger partial charge in [-0.1, -0.05) is 18.1 Å². The predicted octanol–water partition coefficient (Wildman–Crippen LogP) is 1.44. The molecule has 1 aromatic rings. The van der Waals surface area contributed by atoms with Crippen LogP contribution >= 0.6 is 0 Å². The van der Waals surface area contributed by atoms with E-state index >= 15 is 0 Å². The molecule has 4 nitrogen and oxygen atoms in total. The number of benzene rings is 1. The van der Waals surface area contributed by atoms with Crippen molar-refractivity contribution >= 4 is 5.96 Å². The lowest BCUT2D eigenvalue weighted by Gasteiger charge is -2.14. The highest BCUT2D eigenvalue weighted by Crippen LogP contribution is 2.16. The smallest absolute Gasteiger partial charge is 0.190 e. The molecule has 2 unspecified atom stereocenters. The van der Waals surface area contributed by atoms with Crippen molar-refractivity contribution in [2.45, 2.75) is 19.0 Å². The van der Waals surface area contributed by atoms with Gasteiger partial charge in [0.05, 0.1) is 6.61 Å². The van der Waals surface area contributed by atoms with Gasteiger partial charge in [0, 0.05) is 13.2 Å². The fraction of sp³-hybridized carbons (Fsp3) is 0.357. The van der Waals surface area contributed by atoms with Crippen molar-refractivity contribution in [1.82, 2.24) is 5.32 Å². The van der Waals surface area contributed by atoms with Crippen LogP contribution < -0.4 is 11.1 Å². The zero-order valence-electron chi connectivity index (χ0n) is 11.1. The Labute approximate surface area is 112 Å². The number of methoxy groups -OCH3 is 1. The summed E-state index contributed by atoms with van der Waals surface area (Å²) in [7, 11) is 1.61. The Hall–Kier alpha value is -2.06. The molecule has 2 atom stereocenters. The summed E-state index contributed by atoms with van der Waals surface area (Å²) in [5.41, 5.74) is 6.48. The fourth-order valence-electron chi connectivity index (χ4n) is 1.57. The number of nitrogens with two attached hydrogens (primary N) is 1. The lowest BCUT2D eigenvalue weighted by atomic mass is 10.1. The Morgan fingerprint density at radius 2 is 2.16 bits per heavy atom. The summed E-state index contributed by atoms with van der Waals surface area (Å²) < 4.78 is 17.8.